The molecule has 0 unspecified atom stereocenters. The van der Waals surface area contributed by atoms with Gasteiger partial charge in [-0.15, -0.1) is 6.42 Å². The molecule has 0 saturated heterocycles. The fraction of sp³-hybridized carbons (Fsp3) is 0.105. The predicted octanol–water partition coefficient (Wildman–Crippen LogP) is 3.91. The minimum atomic E-state index is -0.345. The van der Waals surface area contributed by atoms with E-state index in [9.17, 15) is 9.65 Å². The van der Waals surface area contributed by atoms with E-state index in [1.54, 1.807) is 36.4 Å². The predicted molar refractivity (Wildman–Crippen MR) is 87.2 cm³/mol. The number of hydrogen-bond donors (Lipinski definition) is 0. The summed E-state index contributed by atoms with van der Waals surface area (Å²) in [4.78, 5) is 0. The molecule has 2 rings (SSSR count). The highest BCUT2D eigenvalue weighted by molar-refractivity contribution is 5.89. The van der Waals surface area contributed by atoms with Crippen molar-refractivity contribution >= 4 is 11.6 Å². The van der Waals surface area contributed by atoms with Gasteiger partial charge < -0.3 is 9.47 Å². The number of allylic oxidation sites excluding steroid dienone is 1. The zero-order valence-electron chi connectivity index (χ0n) is 12.5. The molecule has 0 saturated carbocycles. The van der Waals surface area contributed by atoms with Crippen LogP contribution in [0.2, 0.25) is 0 Å². The van der Waals surface area contributed by atoms with Crippen LogP contribution < -0.4 is 9.47 Å². The van der Waals surface area contributed by atoms with E-state index in [0.717, 1.165) is 5.56 Å². The SMILES string of the molecule is C#CCOc1ccc(C=C(C#N)c2ccc(F)cc2)cc1OC. The molecule has 0 aliphatic heterocycles. The summed E-state index contributed by atoms with van der Waals surface area (Å²) in [5, 5.41) is 9.32. The molecule has 114 valence electrons. The summed E-state index contributed by atoms with van der Waals surface area (Å²) in [5.41, 5.74) is 1.82. The summed E-state index contributed by atoms with van der Waals surface area (Å²) in [6.07, 6.45) is 6.86. The second-order valence-electron chi connectivity index (χ2n) is 4.58. The lowest BCUT2D eigenvalue weighted by Crippen LogP contribution is -1.96. The number of ether oxygens (including phenoxy) is 2. The lowest BCUT2D eigenvalue weighted by atomic mass is 10.0. The van der Waals surface area contributed by atoms with Crippen molar-refractivity contribution in [2.75, 3.05) is 13.7 Å². The van der Waals surface area contributed by atoms with E-state index < -0.39 is 0 Å². The van der Waals surface area contributed by atoms with Crippen molar-refractivity contribution < 1.29 is 13.9 Å². The molecule has 0 N–H and O–H groups in total. The quantitative estimate of drug-likeness (QED) is 0.478. The van der Waals surface area contributed by atoms with Crippen molar-refractivity contribution in [2.45, 2.75) is 0 Å². The number of methoxy groups -OCH3 is 1. The van der Waals surface area contributed by atoms with Crippen LogP contribution in [0.4, 0.5) is 4.39 Å². The smallest absolute Gasteiger partial charge is 0.162 e. The Morgan fingerprint density at radius 1 is 1.22 bits per heavy atom. The van der Waals surface area contributed by atoms with Gasteiger partial charge in [-0.3, -0.25) is 0 Å². The Morgan fingerprint density at radius 2 is 1.96 bits per heavy atom. The summed E-state index contributed by atoms with van der Waals surface area (Å²) in [6.45, 7) is 0.143. The van der Waals surface area contributed by atoms with Gasteiger partial charge in [0, 0.05) is 0 Å². The molecule has 0 aromatic heterocycles. The maximum Gasteiger partial charge on any atom is 0.162 e. The Labute approximate surface area is 134 Å². The molecule has 0 fully saturated rings. The van der Waals surface area contributed by atoms with Crippen LogP contribution in [-0.2, 0) is 0 Å². The summed E-state index contributed by atoms with van der Waals surface area (Å²) in [5.74, 6) is 3.09. The van der Waals surface area contributed by atoms with Crippen LogP contribution in [0.25, 0.3) is 11.6 Å². The number of benzene rings is 2. The van der Waals surface area contributed by atoms with Crippen LogP contribution in [-0.4, -0.2) is 13.7 Å². The monoisotopic (exact) mass is 307 g/mol. The zero-order valence-corrected chi connectivity index (χ0v) is 12.5. The molecule has 2 aromatic carbocycles. The molecule has 0 spiro atoms. The second kappa shape index (κ2) is 7.68. The molecular weight excluding hydrogens is 293 g/mol. The van der Waals surface area contributed by atoms with Crippen LogP contribution in [0, 0.1) is 29.5 Å². The van der Waals surface area contributed by atoms with E-state index in [1.165, 1.54) is 19.2 Å². The first-order valence-electron chi connectivity index (χ1n) is 6.80. The summed E-state index contributed by atoms with van der Waals surface area (Å²) >= 11 is 0. The normalized spacial score (nSPS) is 10.5. The molecule has 0 aliphatic rings. The fourth-order valence-electron chi connectivity index (χ4n) is 1.99. The Balaban J connectivity index is 2.35. The van der Waals surface area contributed by atoms with Crippen molar-refractivity contribution in [1.82, 2.24) is 0 Å². The third kappa shape index (κ3) is 4.12. The molecule has 0 heterocycles. The van der Waals surface area contributed by atoms with Gasteiger partial charge >= 0.3 is 0 Å². The molecule has 0 aliphatic carbocycles. The van der Waals surface area contributed by atoms with Gasteiger partial charge in [-0.1, -0.05) is 24.1 Å². The zero-order chi connectivity index (χ0) is 16.7. The maximum absolute atomic E-state index is 13.0. The Kier molecular flexibility index (Phi) is 5.39. The molecule has 2 aromatic rings. The van der Waals surface area contributed by atoms with Crippen LogP contribution in [0.1, 0.15) is 11.1 Å². The standard InChI is InChI=1S/C19H14FNO2/c1-3-10-23-18-9-4-14(12-19(18)22-2)11-16(13-21)15-5-7-17(20)8-6-15/h1,4-9,11-12H,10H2,2H3. The molecule has 0 atom stereocenters. The van der Waals surface area contributed by atoms with E-state index in [-0.39, 0.29) is 12.4 Å². The number of hydrogen-bond acceptors (Lipinski definition) is 3. The second-order valence-corrected chi connectivity index (χ2v) is 4.58. The topological polar surface area (TPSA) is 42.2 Å². The average molecular weight is 307 g/mol. The lowest BCUT2D eigenvalue weighted by Gasteiger charge is -2.09. The number of nitriles is 1. The number of halogens is 1. The first kappa shape index (κ1) is 16.1. The highest BCUT2D eigenvalue weighted by Crippen LogP contribution is 2.29. The van der Waals surface area contributed by atoms with Gasteiger partial charge in [-0.2, -0.15) is 5.26 Å². The van der Waals surface area contributed by atoms with Crippen molar-refractivity contribution in [3.8, 4) is 29.9 Å². The summed E-state index contributed by atoms with van der Waals surface area (Å²) < 4.78 is 23.6. The number of rotatable bonds is 5. The van der Waals surface area contributed by atoms with Gasteiger partial charge in [0.25, 0.3) is 0 Å². The van der Waals surface area contributed by atoms with Crippen molar-refractivity contribution in [3.63, 3.8) is 0 Å². The van der Waals surface area contributed by atoms with Gasteiger partial charge in [-0.05, 0) is 41.5 Å². The number of nitrogens with zero attached hydrogens (tertiary/aromatic N) is 1. The van der Waals surface area contributed by atoms with E-state index in [1.807, 2.05) is 0 Å². The van der Waals surface area contributed by atoms with Gasteiger partial charge in [0.1, 0.15) is 12.4 Å². The summed E-state index contributed by atoms with van der Waals surface area (Å²) in [6, 6.07) is 13.1. The highest BCUT2D eigenvalue weighted by Gasteiger charge is 2.06. The van der Waals surface area contributed by atoms with E-state index in [4.69, 9.17) is 15.9 Å². The Bertz CT molecular complexity index is 796. The first-order chi connectivity index (χ1) is 11.2. The number of terminal acetylenes is 1. The minimum absolute atomic E-state index is 0.143. The largest absolute Gasteiger partial charge is 0.493 e. The highest BCUT2D eigenvalue weighted by atomic mass is 19.1. The molecule has 4 heteroatoms. The average Bonchev–Trinajstić information content (AvgIpc) is 2.59. The molecule has 0 amide bonds. The van der Waals surface area contributed by atoms with E-state index in [0.29, 0.717) is 22.6 Å². The van der Waals surface area contributed by atoms with E-state index in [2.05, 4.69) is 12.0 Å². The maximum atomic E-state index is 13.0. The molecule has 3 nitrogen and oxygen atoms in total. The van der Waals surface area contributed by atoms with Crippen LogP contribution in [0.3, 0.4) is 0 Å². The molecular formula is C19H14FNO2. The van der Waals surface area contributed by atoms with Gasteiger partial charge in [0.15, 0.2) is 11.5 Å². The fourth-order valence-corrected chi connectivity index (χ4v) is 1.99. The molecule has 23 heavy (non-hydrogen) atoms. The van der Waals surface area contributed by atoms with Crippen LogP contribution in [0.15, 0.2) is 42.5 Å². The van der Waals surface area contributed by atoms with Crippen molar-refractivity contribution in [3.05, 3.63) is 59.4 Å². The van der Waals surface area contributed by atoms with Gasteiger partial charge in [0.05, 0.1) is 18.8 Å². The Morgan fingerprint density at radius 3 is 2.57 bits per heavy atom. The van der Waals surface area contributed by atoms with E-state index >= 15 is 0 Å². The minimum Gasteiger partial charge on any atom is -0.493 e. The molecule has 0 radical (unpaired) electrons. The van der Waals surface area contributed by atoms with Crippen LogP contribution >= 0.6 is 0 Å². The van der Waals surface area contributed by atoms with Gasteiger partial charge in [-0.25, -0.2) is 4.39 Å². The third-order valence-electron chi connectivity index (χ3n) is 3.09. The van der Waals surface area contributed by atoms with Crippen molar-refractivity contribution in [1.29, 1.82) is 5.26 Å². The first-order valence-corrected chi connectivity index (χ1v) is 6.80. The Hall–Kier alpha value is -3.24. The van der Waals surface area contributed by atoms with Crippen LogP contribution in [0.5, 0.6) is 11.5 Å². The summed E-state index contributed by atoms with van der Waals surface area (Å²) in [7, 11) is 1.52. The molecule has 0 bridgehead atoms. The lowest BCUT2D eigenvalue weighted by molar-refractivity contribution is 0.331. The third-order valence-corrected chi connectivity index (χ3v) is 3.09. The van der Waals surface area contributed by atoms with Gasteiger partial charge in [0.2, 0.25) is 0 Å². The van der Waals surface area contributed by atoms with Crippen molar-refractivity contribution in [2.24, 2.45) is 0 Å².